The van der Waals surface area contributed by atoms with Crippen molar-refractivity contribution in [1.29, 1.82) is 0 Å². The second-order valence-corrected chi connectivity index (χ2v) is 3.43. The van der Waals surface area contributed by atoms with E-state index < -0.39 is 5.97 Å². The number of halogens is 1. The van der Waals surface area contributed by atoms with Crippen LogP contribution in [0.3, 0.4) is 0 Å². The van der Waals surface area contributed by atoms with Crippen molar-refractivity contribution in [2.24, 2.45) is 10.1 Å². The maximum Gasteiger partial charge on any atom is 0.337 e. The summed E-state index contributed by atoms with van der Waals surface area (Å²) in [4.78, 5) is 14.7. The molecule has 0 aliphatic heterocycles. The highest BCUT2D eigenvalue weighted by Gasteiger charge is 2.08. The molecule has 0 spiro atoms. The van der Waals surface area contributed by atoms with Gasteiger partial charge in [-0.15, -0.1) is 0 Å². The van der Waals surface area contributed by atoms with E-state index >= 15 is 0 Å². The predicted molar refractivity (Wildman–Crippen MR) is 59.5 cm³/mol. The predicted octanol–water partition coefficient (Wildman–Crippen LogP) is 2.31. The van der Waals surface area contributed by atoms with Crippen LogP contribution in [-0.2, 0) is 0 Å². The Labute approximate surface area is 93.9 Å². The molecule has 2 N–H and O–H groups in total. The van der Waals surface area contributed by atoms with Gasteiger partial charge in [-0.3, -0.25) is 4.99 Å². The second kappa shape index (κ2) is 5.26. The van der Waals surface area contributed by atoms with Crippen LogP contribution in [0.25, 0.3) is 0 Å². The van der Waals surface area contributed by atoms with Crippen LogP contribution in [0.4, 0.5) is 5.69 Å². The molecule has 1 rings (SSSR count). The lowest BCUT2D eigenvalue weighted by atomic mass is 10.2. The molecule has 0 saturated carbocycles. The number of hydrogen-bond acceptors (Lipinski definition) is 4. The van der Waals surface area contributed by atoms with Gasteiger partial charge in [-0.1, -0.05) is 21.1 Å². The summed E-state index contributed by atoms with van der Waals surface area (Å²) in [6, 6.07) is 4.68. The van der Waals surface area contributed by atoms with E-state index in [1.165, 1.54) is 12.3 Å². The lowest BCUT2D eigenvalue weighted by Gasteiger charge is -2.00. The summed E-state index contributed by atoms with van der Waals surface area (Å²) < 4.78 is 0.662. The van der Waals surface area contributed by atoms with Crippen molar-refractivity contribution in [3.63, 3.8) is 0 Å². The Hall–Kier alpha value is -1.69. The number of hydrogen-bond donors (Lipinski definition) is 2. The normalized spacial score (nSPS) is 11.3. The molecule has 1 aromatic rings. The number of carbonyl (C=O) groups is 1. The third-order valence-corrected chi connectivity index (χ3v) is 2.03. The monoisotopic (exact) mass is 270 g/mol. The van der Waals surface area contributed by atoms with Crippen LogP contribution in [0, 0.1) is 0 Å². The Kier molecular flexibility index (Phi) is 3.99. The van der Waals surface area contributed by atoms with E-state index in [9.17, 15) is 4.79 Å². The Balaban J connectivity index is 3.11. The molecule has 1 aromatic carbocycles. The van der Waals surface area contributed by atoms with Crippen LogP contribution in [0.2, 0.25) is 0 Å². The average Bonchev–Trinajstić information content (AvgIpc) is 2.20. The number of carboxylic acid groups (broad SMARTS) is 1. The van der Waals surface area contributed by atoms with Crippen LogP contribution < -0.4 is 0 Å². The van der Waals surface area contributed by atoms with Gasteiger partial charge >= 0.3 is 5.97 Å². The van der Waals surface area contributed by atoms with Gasteiger partial charge in [-0.2, -0.15) is 0 Å². The summed E-state index contributed by atoms with van der Waals surface area (Å²) in [5, 5.41) is 19.7. The highest BCUT2D eigenvalue weighted by atomic mass is 79.9. The van der Waals surface area contributed by atoms with Crippen molar-refractivity contribution in [3.05, 3.63) is 28.2 Å². The van der Waals surface area contributed by atoms with E-state index in [1.54, 1.807) is 12.1 Å². The minimum absolute atomic E-state index is 0.0759. The van der Waals surface area contributed by atoms with Crippen molar-refractivity contribution in [3.8, 4) is 0 Å². The number of rotatable bonds is 3. The summed E-state index contributed by atoms with van der Waals surface area (Å²) >= 11 is 3.16. The van der Waals surface area contributed by atoms with E-state index in [4.69, 9.17) is 10.3 Å². The SMILES string of the molecule is O=C(O)c1cc(Br)ccc1N=CC=NO. The number of nitrogens with zero attached hydrogens (tertiary/aromatic N) is 2. The Bertz CT molecular complexity index is 429. The van der Waals surface area contributed by atoms with Crippen LogP contribution in [0.1, 0.15) is 10.4 Å². The van der Waals surface area contributed by atoms with Gasteiger partial charge < -0.3 is 10.3 Å². The van der Waals surface area contributed by atoms with Crippen molar-refractivity contribution >= 4 is 40.0 Å². The molecule has 0 saturated heterocycles. The van der Waals surface area contributed by atoms with Gasteiger partial charge in [0, 0.05) is 10.7 Å². The topological polar surface area (TPSA) is 82.2 Å². The number of carboxylic acids is 1. The van der Waals surface area contributed by atoms with E-state index in [-0.39, 0.29) is 5.56 Å². The lowest BCUT2D eigenvalue weighted by Crippen LogP contribution is -1.96. The number of aliphatic imine (C=N–C) groups is 1. The minimum atomic E-state index is -1.07. The minimum Gasteiger partial charge on any atom is -0.478 e. The van der Waals surface area contributed by atoms with E-state index in [1.807, 2.05) is 0 Å². The molecule has 5 nitrogen and oxygen atoms in total. The first-order valence-electron chi connectivity index (χ1n) is 3.88. The standard InChI is InChI=1S/C9H7BrN2O3/c10-6-1-2-8(11-3-4-12-15)7(5-6)9(13)14/h1-5,15H,(H,13,14). The van der Waals surface area contributed by atoms with Crippen LogP contribution in [0.5, 0.6) is 0 Å². The summed E-state index contributed by atoms with van der Waals surface area (Å²) in [7, 11) is 0. The lowest BCUT2D eigenvalue weighted by molar-refractivity contribution is 0.0698. The van der Waals surface area contributed by atoms with Gasteiger partial charge in [0.1, 0.15) is 0 Å². The highest BCUT2D eigenvalue weighted by Crippen LogP contribution is 2.23. The molecule has 0 aliphatic carbocycles. The van der Waals surface area contributed by atoms with Gasteiger partial charge in [0.05, 0.1) is 17.5 Å². The van der Waals surface area contributed by atoms with Crippen molar-refractivity contribution in [1.82, 2.24) is 0 Å². The summed E-state index contributed by atoms with van der Waals surface area (Å²) in [6.45, 7) is 0. The quantitative estimate of drug-likeness (QED) is 0.502. The maximum absolute atomic E-state index is 10.8. The fourth-order valence-corrected chi connectivity index (χ4v) is 1.30. The first-order chi connectivity index (χ1) is 7.15. The molecule has 0 fully saturated rings. The molecular formula is C9H7BrN2O3. The molecule has 0 heterocycles. The summed E-state index contributed by atoms with van der Waals surface area (Å²) in [5.41, 5.74) is 0.373. The number of aromatic carboxylic acids is 1. The highest BCUT2D eigenvalue weighted by molar-refractivity contribution is 9.10. The molecule has 15 heavy (non-hydrogen) atoms. The second-order valence-electron chi connectivity index (χ2n) is 2.51. The molecule has 0 aliphatic rings. The zero-order valence-corrected chi connectivity index (χ0v) is 9.05. The smallest absolute Gasteiger partial charge is 0.337 e. The molecule has 0 aromatic heterocycles. The van der Waals surface area contributed by atoms with Gasteiger partial charge in [-0.05, 0) is 18.2 Å². The molecule has 0 atom stereocenters. The van der Waals surface area contributed by atoms with Crippen molar-refractivity contribution < 1.29 is 15.1 Å². The van der Waals surface area contributed by atoms with Gasteiger partial charge in [0.25, 0.3) is 0 Å². The number of benzene rings is 1. The summed E-state index contributed by atoms with van der Waals surface area (Å²) in [6.07, 6.45) is 2.25. The summed E-state index contributed by atoms with van der Waals surface area (Å²) in [5.74, 6) is -1.07. The molecule has 6 heteroatoms. The third-order valence-electron chi connectivity index (χ3n) is 1.54. The van der Waals surface area contributed by atoms with Gasteiger partial charge in [0.2, 0.25) is 0 Å². The molecule has 78 valence electrons. The first-order valence-corrected chi connectivity index (χ1v) is 4.67. The Morgan fingerprint density at radius 3 is 2.73 bits per heavy atom. The molecular weight excluding hydrogens is 264 g/mol. The maximum atomic E-state index is 10.8. The third kappa shape index (κ3) is 3.17. The van der Waals surface area contributed by atoms with E-state index in [0.717, 1.165) is 6.21 Å². The van der Waals surface area contributed by atoms with Crippen LogP contribution >= 0.6 is 15.9 Å². The van der Waals surface area contributed by atoms with E-state index in [2.05, 4.69) is 26.1 Å². The van der Waals surface area contributed by atoms with Crippen molar-refractivity contribution in [2.45, 2.75) is 0 Å². The zero-order chi connectivity index (χ0) is 11.3. The van der Waals surface area contributed by atoms with Crippen molar-refractivity contribution in [2.75, 3.05) is 0 Å². The molecule has 0 radical (unpaired) electrons. The molecule has 0 bridgehead atoms. The zero-order valence-electron chi connectivity index (χ0n) is 7.46. The first kappa shape index (κ1) is 11.4. The molecule has 0 amide bonds. The van der Waals surface area contributed by atoms with Crippen LogP contribution in [0.15, 0.2) is 32.8 Å². The van der Waals surface area contributed by atoms with Gasteiger partial charge in [0.15, 0.2) is 0 Å². The Morgan fingerprint density at radius 1 is 1.40 bits per heavy atom. The van der Waals surface area contributed by atoms with Gasteiger partial charge in [-0.25, -0.2) is 4.79 Å². The van der Waals surface area contributed by atoms with E-state index in [0.29, 0.717) is 10.2 Å². The Morgan fingerprint density at radius 2 is 2.13 bits per heavy atom. The largest absolute Gasteiger partial charge is 0.478 e. The fraction of sp³-hybridized carbons (Fsp3) is 0. The molecule has 0 unspecified atom stereocenters. The van der Waals surface area contributed by atoms with Crippen LogP contribution in [-0.4, -0.2) is 28.7 Å². The average molecular weight is 271 g/mol. The number of oxime groups is 1. The fourth-order valence-electron chi connectivity index (χ4n) is 0.936.